The first-order valence-electron chi connectivity index (χ1n) is 9.38. The molecule has 1 heterocycles. The maximum absolute atomic E-state index is 6.08. The molecule has 0 fully saturated rings. The Bertz CT molecular complexity index is 682. The zero-order chi connectivity index (χ0) is 18.8. The van der Waals surface area contributed by atoms with Gasteiger partial charge in [0.05, 0.1) is 19.2 Å². The molecule has 1 unspecified atom stereocenters. The number of aryl methyl sites for hydroxylation is 1. The highest BCUT2D eigenvalue weighted by atomic mass is 16.5. The number of hydrogen-bond donors (Lipinski definition) is 2. The van der Waals surface area contributed by atoms with E-state index in [9.17, 15) is 0 Å². The minimum Gasteiger partial charge on any atom is -0.490 e. The van der Waals surface area contributed by atoms with Gasteiger partial charge in [-0.1, -0.05) is 19.1 Å². The van der Waals surface area contributed by atoms with Crippen molar-refractivity contribution in [3.8, 4) is 5.75 Å². The lowest BCUT2D eigenvalue weighted by atomic mass is 10.1. The van der Waals surface area contributed by atoms with E-state index in [2.05, 4.69) is 61.6 Å². The van der Waals surface area contributed by atoms with Gasteiger partial charge in [0.2, 0.25) is 0 Å². The first-order chi connectivity index (χ1) is 12.6. The fourth-order valence-electron chi connectivity index (χ4n) is 2.43. The average molecular weight is 358 g/mol. The molecule has 6 heteroatoms. The van der Waals surface area contributed by atoms with Crippen LogP contribution in [-0.2, 0) is 13.1 Å². The van der Waals surface area contributed by atoms with E-state index >= 15 is 0 Å². The Kier molecular flexibility index (Phi) is 7.99. The predicted molar refractivity (Wildman–Crippen MR) is 107 cm³/mol. The van der Waals surface area contributed by atoms with Gasteiger partial charge in [0.25, 0.3) is 0 Å². The molecule has 6 nitrogen and oxygen atoms in total. The third kappa shape index (κ3) is 6.43. The third-order valence-corrected chi connectivity index (χ3v) is 4.07. The van der Waals surface area contributed by atoms with Crippen molar-refractivity contribution in [3.05, 3.63) is 47.8 Å². The van der Waals surface area contributed by atoms with E-state index in [4.69, 9.17) is 9.73 Å². The van der Waals surface area contributed by atoms with Crippen molar-refractivity contribution >= 4 is 5.96 Å². The van der Waals surface area contributed by atoms with Crippen LogP contribution in [0.25, 0.3) is 0 Å². The largest absolute Gasteiger partial charge is 0.490 e. The molecule has 2 aromatic rings. The Morgan fingerprint density at radius 3 is 2.85 bits per heavy atom. The van der Waals surface area contributed by atoms with Crippen LogP contribution in [0.15, 0.2) is 41.7 Å². The molecule has 1 atom stereocenters. The summed E-state index contributed by atoms with van der Waals surface area (Å²) in [4.78, 5) is 4.71. The van der Waals surface area contributed by atoms with Crippen molar-refractivity contribution in [3.63, 3.8) is 0 Å². The number of nitrogens with one attached hydrogen (secondary N) is 2. The van der Waals surface area contributed by atoms with Gasteiger partial charge in [0, 0.05) is 31.0 Å². The van der Waals surface area contributed by atoms with E-state index in [0.717, 1.165) is 43.3 Å². The molecule has 0 aliphatic heterocycles. The van der Waals surface area contributed by atoms with E-state index in [0.29, 0.717) is 6.54 Å². The molecule has 0 aliphatic carbocycles. The standard InChI is InChI=1S/C20H31N5O/c1-5-17(4)26-19-14-16(3)8-9-18(19)15-23-20(21-6-2)22-11-13-25-12-7-10-24-25/h7-10,12,14,17H,5-6,11,13,15H2,1-4H3,(H2,21,22,23). The van der Waals surface area contributed by atoms with Crippen molar-refractivity contribution in [1.29, 1.82) is 0 Å². The molecule has 1 aromatic heterocycles. The van der Waals surface area contributed by atoms with Crippen molar-refractivity contribution in [2.75, 3.05) is 13.1 Å². The highest BCUT2D eigenvalue weighted by Gasteiger charge is 2.08. The highest BCUT2D eigenvalue weighted by molar-refractivity contribution is 5.79. The summed E-state index contributed by atoms with van der Waals surface area (Å²) in [6, 6.07) is 8.22. The van der Waals surface area contributed by atoms with Crippen molar-refractivity contribution in [2.24, 2.45) is 4.99 Å². The molecule has 0 radical (unpaired) electrons. The number of ether oxygens (including phenoxy) is 1. The summed E-state index contributed by atoms with van der Waals surface area (Å²) >= 11 is 0. The fraction of sp³-hybridized carbons (Fsp3) is 0.500. The van der Waals surface area contributed by atoms with E-state index in [1.54, 1.807) is 6.20 Å². The number of aromatic nitrogens is 2. The molecule has 0 saturated carbocycles. The molecule has 0 saturated heterocycles. The first-order valence-corrected chi connectivity index (χ1v) is 9.38. The Morgan fingerprint density at radius 2 is 2.15 bits per heavy atom. The Labute approximate surface area is 156 Å². The summed E-state index contributed by atoms with van der Waals surface area (Å²) < 4.78 is 7.97. The van der Waals surface area contributed by atoms with Crippen molar-refractivity contribution in [1.82, 2.24) is 20.4 Å². The maximum Gasteiger partial charge on any atom is 0.191 e. The highest BCUT2D eigenvalue weighted by Crippen LogP contribution is 2.23. The molecular formula is C20H31N5O. The SMILES string of the molecule is CCNC(=NCc1ccc(C)cc1OC(C)CC)NCCn1cccn1. The van der Waals surface area contributed by atoms with Crippen LogP contribution < -0.4 is 15.4 Å². The zero-order valence-electron chi connectivity index (χ0n) is 16.3. The Hall–Kier alpha value is -2.50. The molecular weight excluding hydrogens is 326 g/mol. The first kappa shape index (κ1) is 19.8. The molecule has 0 bridgehead atoms. The lowest BCUT2D eigenvalue weighted by Gasteiger charge is -2.17. The van der Waals surface area contributed by atoms with Gasteiger partial charge in [-0.15, -0.1) is 0 Å². The Balaban J connectivity index is 2.00. The molecule has 0 amide bonds. The van der Waals surface area contributed by atoms with Gasteiger partial charge in [-0.3, -0.25) is 4.68 Å². The van der Waals surface area contributed by atoms with Crippen LogP contribution in [0.2, 0.25) is 0 Å². The van der Waals surface area contributed by atoms with Crippen LogP contribution in [0.1, 0.15) is 38.3 Å². The summed E-state index contributed by atoms with van der Waals surface area (Å²) in [5.74, 6) is 1.73. The Morgan fingerprint density at radius 1 is 1.31 bits per heavy atom. The summed E-state index contributed by atoms with van der Waals surface area (Å²) in [6.45, 7) is 11.3. The number of hydrogen-bond acceptors (Lipinski definition) is 3. The average Bonchev–Trinajstić information content (AvgIpc) is 3.14. The van der Waals surface area contributed by atoms with E-state index in [-0.39, 0.29) is 6.10 Å². The van der Waals surface area contributed by atoms with Gasteiger partial charge in [-0.2, -0.15) is 5.10 Å². The van der Waals surface area contributed by atoms with E-state index < -0.39 is 0 Å². The second-order valence-electron chi connectivity index (χ2n) is 6.34. The molecule has 2 N–H and O–H groups in total. The molecule has 26 heavy (non-hydrogen) atoms. The fourth-order valence-corrected chi connectivity index (χ4v) is 2.43. The number of guanidine groups is 1. The number of aliphatic imine (C=N–C) groups is 1. The number of benzene rings is 1. The van der Waals surface area contributed by atoms with Gasteiger partial charge in [-0.25, -0.2) is 4.99 Å². The lowest BCUT2D eigenvalue weighted by Crippen LogP contribution is -2.38. The quantitative estimate of drug-likeness (QED) is 0.535. The zero-order valence-corrected chi connectivity index (χ0v) is 16.3. The summed E-state index contributed by atoms with van der Waals surface area (Å²) in [5, 5.41) is 10.8. The molecule has 2 rings (SSSR count). The summed E-state index contributed by atoms with van der Waals surface area (Å²) in [5.41, 5.74) is 2.29. The second kappa shape index (κ2) is 10.5. The molecule has 0 aliphatic rings. The minimum atomic E-state index is 0.194. The lowest BCUT2D eigenvalue weighted by molar-refractivity contribution is 0.215. The normalized spacial score (nSPS) is 12.7. The van der Waals surface area contributed by atoms with Crippen molar-refractivity contribution in [2.45, 2.75) is 53.3 Å². The van der Waals surface area contributed by atoms with Crippen LogP contribution in [-0.4, -0.2) is 34.9 Å². The number of rotatable bonds is 9. The van der Waals surface area contributed by atoms with Crippen LogP contribution in [0.4, 0.5) is 0 Å². The van der Waals surface area contributed by atoms with Gasteiger partial charge in [0.1, 0.15) is 5.75 Å². The van der Waals surface area contributed by atoms with Crippen LogP contribution >= 0.6 is 0 Å². The number of nitrogens with zero attached hydrogens (tertiary/aromatic N) is 3. The predicted octanol–water partition coefficient (Wildman–Crippen LogP) is 3.12. The van der Waals surface area contributed by atoms with Crippen LogP contribution in [0.5, 0.6) is 5.75 Å². The molecule has 1 aromatic carbocycles. The van der Waals surface area contributed by atoms with Crippen LogP contribution in [0.3, 0.4) is 0 Å². The third-order valence-electron chi connectivity index (χ3n) is 4.07. The van der Waals surface area contributed by atoms with Crippen molar-refractivity contribution < 1.29 is 4.74 Å². The molecule has 0 spiro atoms. The van der Waals surface area contributed by atoms with E-state index in [1.807, 2.05) is 16.9 Å². The van der Waals surface area contributed by atoms with Gasteiger partial charge in [0.15, 0.2) is 5.96 Å². The smallest absolute Gasteiger partial charge is 0.191 e. The molecule has 142 valence electrons. The van der Waals surface area contributed by atoms with Gasteiger partial charge in [-0.05, 0) is 44.9 Å². The van der Waals surface area contributed by atoms with E-state index in [1.165, 1.54) is 5.56 Å². The topological polar surface area (TPSA) is 63.5 Å². The summed E-state index contributed by atoms with van der Waals surface area (Å²) in [6.07, 6.45) is 4.92. The monoisotopic (exact) mass is 357 g/mol. The minimum absolute atomic E-state index is 0.194. The van der Waals surface area contributed by atoms with Gasteiger partial charge >= 0.3 is 0 Å². The second-order valence-corrected chi connectivity index (χ2v) is 6.34. The van der Waals surface area contributed by atoms with Gasteiger partial charge < -0.3 is 15.4 Å². The van der Waals surface area contributed by atoms with Crippen LogP contribution in [0, 0.1) is 6.92 Å². The maximum atomic E-state index is 6.08. The summed E-state index contributed by atoms with van der Waals surface area (Å²) in [7, 11) is 0.